The van der Waals surface area contributed by atoms with Crippen molar-refractivity contribution < 1.29 is 27.0 Å². The first kappa shape index (κ1) is 27.4. The summed E-state index contributed by atoms with van der Waals surface area (Å²) < 4.78 is 63.2. The normalized spacial score (nSPS) is 18.0. The van der Waals surface area contributed by atoms with Crippen molar-refractivity contribution in [1.29, 1.82) is 0 Å². The number of ether oxygens (including phenoxy) is 2. The lowest BCUT2D eigenvalue weighted by Crippen LogP contribution is -2.15. The van der Waals surface area contributed by atoms with Crippen LogP contribution in [-0.2, 0) is 24.0 Å². The average Bonchev–Trinajstić information content (AvgIpc) is 2.89. The van der Waals surface area contributed by atoms with Crippen LogP contribution in [0.25, 0.3) is 10.8 Å². The smallest absolute Gasteiger partial charge is 0.387 e. The highest BCUT2D eigenvalue weighted by Crippen LogP contribution is 2.34. The molecular weight excluding hydrogens is 480 g/mol. The zero-order chi connectivity index (χ0) is 26.2. The van der Waals surface area contributed by atoms with Crippen LogP contribution in [0.1, 0.15) is 61.6 Å². The summed E-state index contributed by atoms with van der Waals surface area (Å²) in [5, 5.41) is 1.48. The molecule has 0 unspecified atom stereocenters. The highest BCUT2D eigenvalue weighted by atomic mass is 19.3. The van der Waals surface area contributed by atoms with Gasteiger partial charge in [0.1, 0.15) is 5.82 Å². The van der Waals surface area contributed by atoms with Crippen molar-refractivity contribution in [2.45, 2.75) is 70.8 Å². The number of hydrogen-bond acceptors (Lipinski definition) is 2. The van der Waals surface area contributed by atoms with Gasteiger partial charge in [-0.2, -0.15) is 8.78 Å². The third kappa shape index (κ3) is 7.70. The minimum atomic E-state index is -3.08. The summed E-state index contributed by atoms with van der Waals surface area (Å²) >= 11 is 0. The Kier molecular flexibility index (Phi) is 9.84. The predicted octanol–water partition coefficient (Wildman–Crippen LogP) is 8.67. The number of fused-ring (bicyclic) bond motifs is 1. The Morgan fingerprint density at radius 1 is 0.811 bits per heavy atom. The lowest BCUT2D eigenvalue weighted by molar-refractivity contribution is -0.0522. The Balaban J connectivity index is 1.31. The Labute approximate surface area is 217 Å². The van der Waals surface area contributed by atoms with Gasteiger partial charge in [0.15, 0.2) is 11.6 Å². The molecule has 1 fully saturated rings. The van der Waals surface area contributed by atoms with Crippen LogP contribution in [0.4, 0.5) is 17.6 Å². The van der Waals surface area contributed by atoms with Gasteiger partial charge in [-0.3, -0.25) is 0 Å². The fourth-order valence-electron chi connectivity index (χ4n) is 5.60. The van der Waals surface area contributed by atoms with Crippen LogP contribution >= 0.6 is 0 Å². The molecule has 1 saturated carbocycles. The molecule has 6 heteroatoms. The molecule has 0 amide bonds. The first-order valence-corrected chi connectivity index (χ1v) is 13.3. The minimum Gasteiger partial charge on any atom is -0.432 e. The maximum Gasteiger partial charge on any atom is 0.387 e. The molecule has 0 aromatic heterocycles. The van der Waals surface area contributed by atoms with E-state index >= 15 is 4.39 Å². The van der Waals surface area contributed by atoms with Crippen molar-refractivity contribution in [2.75, 3.05) is 13.7 Å². The molecule has 3 aromatic rings. The Morgan fingerprint density at radius 2 is 1.51 bits per heavy atom. The fraction of sp³-hybridized carbons (Fsp3) is 0.484. The van der Waals surface area contributed by atoms with E-state index in [1.54, 1.807) is 13.2 Å². The van der Waals surface area contributed by atoms with Crippen LogP contribution in [0.3, 0.4) is 0 Å². The Morgan fingerprint density at radius 3 is 2.22 bits per heavy atom. The van der Waals surface area contributed by atoms with Crippen LogP contribution < -0.4 is 4.74 Å². The summed E-state index contributed by atoms with van der Waals surface area (Å²) in [4.78, 5) is 0. The molecular formula is C31H36F4O2. The summed E-state index contributed by atoms with van der Waals surface area (Å²) in [7, 11) is 1.77. The molecule has 1 aliphatic rings. The summed E-state index contributed by atoms with van der Waals surface area (Å²) in [6.45, 7) is -2.22. The lowest BCUT2D eigenvalue weighted by atomic mass is 9.78. The zero-order valence-corrected chi connectivity index (χ0v) is 21.5. The summed E-state index contributed by atoms with van der Waals surface area (Å²) in [6.07, 6.45) is 10.6. The molecule has 0 aliphatic heterocycles. The van der Waals surface area contributed by atoms with Gasteiger partial charge in [-0.1, -0.05) is 62.1 Å². The molecule has 2 nitrogen and oxygen atoms in total. The Bertz CT molecular complexity index is 1160. The van der Waals surface area contributed by atoms with Gasteiger partial charge in [-0.05, 0) is 84.6 Å². The molecule has 3 aromatic carbocycles. The molecule has 0 spiro atoms. The highest BCUT2D eigenvalue weighted by Gasteiger charge is 2.21. The number of rotatable bonds is 12. The molecule has 0 N–H and O–H groups in total. The Hall–Kier alpha value is -2.60. The van der Waals surface area contributed by atoms with E-state index in [4.69, 9.17) is 4.74 Å². The molecule has 4 rings (SSSR count). The van der Waals surface area contributed by atoms with E-state index < -0.39 is 18.2 Å². The molecule has 0 radical (unpaired) electrons. The number of alkyl halides is 2. The van der Waals surface area contributed by atoms with Crippen molar-refractivity contribution in [2.24, 2.45) is 11.8 Å². The molecule has 1 aliphatic carbocycles. The van der Waals surface area contributed by atoms with Gasteiger partial charge in [0.05, 0.1) is 0 Å². The maximum atomic E-state index is 15.2. The van der Waals surface area contributed by atoms with Crippen LogP contribution in [0, 0.1) is 23.5 Å². The molecule has 0 heterocycles. The van der Waals surface area contributed by atoms with E-state index in [0.717, 1.165) is 42.7 Å². The van der Waals surface area contributed by atoms with Crippen molar-refractivity contribution in [1.82, 2.24) is 0 Å². The van der Waals surface area contributed by atoms with E-state index in [9.17, 15) is 13.2 Å². The van der Waals surface area contributed by atoms with E-state index in [-0.39, 0.29) is 5.82 Å². The van der Waals surface area contributed by atoms with Gasteiger partial charge in [0.2, 0.25) is 0 Å². The summed E-state index contributed by atoms with van der Waals surface area (Å²) in [5.74, 6) is 0.0296. The van der Waals surface area contributed by atoms with Crippen molar-refractivity contribution >= 4 is 10.8 Å². The standard InChI is InChI=1S/C31H36F4O2/c1-36-18-2-3-21-4-6-22(7-5-21)8-9-23-11-16-27-26(19-23)15-14-25(30(27)33)13-10-24-12-17-29(28(32)20-24)37-31(34)35/h11-12,14-17,19-22,31H,2-10,13,18H2,1H3. The van der Waals surface area contributed by atoms with Gasteiger partial charge in [0.25, 0.3) is 0 Å². The number of halogens is 4. The van der Waals surface area contributed by atoms with Gasteiger partial charge >= 0.3 is 6.61 Å². The monoisotopic (exact) mass is 516 g/mol. The highest BCUT2D eigenvalue weighted by molar-refractivity contribution is 5.84. The predicted molar refractivity (Wildman–Crippen MR) is 139 cm³/mol. The zero-order valence-electron chi connectivity index (χ0n) is 21.5. The molecule has 0 saturated heterocycles. The third-order valence-corrected chi connectivity index (χ3v) is 7.76. The molecule has 37 heavy (non-hydrogen) atoms. The van der Waals surface area contributed by atoms with Crippen molar-refractivity contribution in [3.05, 3.63) is 76.9 Å². The first-order chi connectivity index (χ1) is 17.9. The summed E-state index contributed by atoms with van der Waals surface area (Å²) in [6, 6.07) is 13.6. The van der Waals surface area contributed by atoms with E-state index in [1.165, 1.54) is 56.2 Å². The number of aryl methyl sites for hydroxylation is 3. The third-order valence-electron chi connectivity index (χ3n) is 7.76. The van der Waals surface area contributed by atoms with E-state index in [1.807, 2.05) is 18.2 Å². The topological polar surface area (TPSA) is 18.5 Å². The number of benzene rings is 3. The largest absolute Gasteiger partial charge is 0.432 e. The molecule has 0 atom stereocenters. The van der Waals surface area contributed by atoms with Gasteiger partial charge < -0.3 is 9.47 Å². The number of methoxy groups -OCH3 is 1. The molecule has 200 valence electrons. The second kappa shape index (κ2) is 13.3. The number of hydrogen-bond donors (Lipinski definition) is 0. The van der Waals surface area contributed by atoms with Crippen molar-refractivity contribution in [3.8, 4) is 5.75 Å². The minimum absolute atomic E-state index is 0.256. The van der Waals surface area contributed by atoms with Crippen LogP contribution in [-0.4, -0.2) is 20.3 Å². The second-order valence-electron chi connectivity index (χ2n) is 10.3. The molecule has 0 bridgehead atoms. The van der Waals surface area contributed by atoms with Gasteiger partial charge in [-0.15, -0.1) is 0 Å². The second-order valence-corrected chi connectivity index (χ2v) is 10.3. The van der Waals surface area contributed by atoms with Gasteiger partial charge in [-0.25, -0.2) is 8.78 Å². The van der Waals surface area contributed by atoms with Crippen LogP contribution in [0.15, 0.2) is 48.5 Å². The maximum absolute atomic E-state index is 15.2. The average molecular weight is 517 g/mol. The van der Waals surface area contributed by atoms with Crippen LogP contribution in [0.2, 0.25) is 0 Å². The first-order valence-electron chi connectivity index (χ1n) is 13.3. The van der Waals surface area contributed by atoms with Gasteiger partial charge in [0, 0.05) is 19.1 Å². The van der Waals surface area contributed by atoms with E-state index in [0.29, 0.717) is 29.4 Å². The quantitative estimate of drug-likeness (QED) is 0.177. The van der Waals surface area contributed by atoms with Crippen molar-refractivity contribution in [3.63, 3.8) is 0 Å². The SMILES string of the molecule is COCCCC1CCC(CCc2ccc3c(F)c(CCc4ccc(OC(F)F)c(F)c4)ccc3c2)CC1. The van der Waals surface area contributed by atoms with E-state index in [2.05, 4.69) is 10.8 Å². The lowest BCUT2D eigenvalue weighted by Gasteiger charge is -2.28. The van der Waals surface area contributed by atoms with Crippen LogP contribution in [0.5, 0.6) is 5.75 Å². The summed E-state index contributed by atoms with van der Waals surface area (Å²) in [5.41, 5.74) is 2.39. The fourth-order valence-corrected chi connectivity index (χ4v) is 5.60.